The number of hydrogen-bond acceptors (Lipinski definition) is 2. The number of benzene rings is 1. The van der Waals surface area contributed by atoms with Gasteiger partial charge in [0.25, 0.3) is 0 Å². The number of halogens is 2. The fourth-order valence-corrected chi connectivity index (χ4v) is 2.32. The van der Waals surface area contributed by atoms with Gasteiger partial charge in [-0.1, -0.05) is 23.2 Å². The third kappa shape index (κ3) is 2.33. The average Bonchev–Trinajstić information content (AvgIpc) is 2.02. The predicted octanol–water partition coefficient (Wildman–Crippen LogP) is 2.43. The minimum absolute atomic E-state index is 0.0386. The Hall–Kier alpha value is -0.420. The molecule has 0 fully saturated rings. The zero-order chi connectivity index (χ0) is 10.9. The molecule has 76 valence electrons. The molecule has 1 aromatic rings. The Kier molecular flexibility index (Phi) is 3.66. The van der Waals surface area contributed by atoms with Crippen LogP contribution in [-0.2, 0) is 11.2 Å². The van der Waals surface area contributed by atoms with Crippen LogP contribution >= 0.6 is 23.2 Å². The third-order valence-corrected chi connectivity index (χ3v) is 3.26. The fourth-order valence-electron chi connectivity index (χ4n) is 0.913. The second-order valence-electron chi connectivity index (χ2n) is 2.52. The van der Waals surface area contributed by atoms with Crippen LogP contribution < -0.4 is 0 Å². The molecule has 14 heavy (non-hydrogen) atoms. The number of carbonyl (C=O) groups is 1. The van der Waals surface area contributed by atoms with Gasteiger partial charge in [-0.05, 0) is 17.2 Å². The zero-order valence-electron chi connectivity index (χ0n) is 7.08. The van der Waals surface area contributed by atoms with Crippen LogP contribution in [0.5, 0.6) is 0 Å². The highest BCUT2D eigenvalue weighted by molar-refractivity contribution is 7.90. The second-order valence-corrected chi connectivity index (χ2v) is 4.68. The Balaban J connectivity index is 3.34. The molecule has 0 radical (unpaired) electrons. The number of carboxylic acid groups (broad SMARTS) is 1. The van der Waals surface area contributed by atoms with E-state index >= 15 is 0 Å². The van der Waals surface area contributed by atoms with Crippen molar-refractivity contribution in [2.75, 3.05) is 6.26 Å². The van der Waals surface area contributed by atoms with Crippen molar-refractivity contribution in [1.29, 1.82) is 0 Å². The van der Waals surface area contributed by atoms with Crippen LogP contribution in [0.1, 0.15) is 10.4 Å². The van der Waals surface area contributed by atoms with E-state index in [9.17, 15) is 9.35 Å². The lowest BCUT2D eigenvalue weighted by atomic mass is 10.2. The van der Waals surface area contributed by atoms with E-state index in [1.807, 2.05) is 0 Å². The molecule has 0 spiro atoms. The van der Waals surface area contributed by atoms with Gasteiger partial charge in [-0.2, -0.15) is 0 Å². The minimum Gasteiger partial charge on any atom is -0.612 e. The highest BCUT2D eigenvalue weighted by Gasteiger charge is 2.17. The Morgan fingerprint density at radius 3 is 2.43 bits per heavy atom. The first-order valence-corrected chi connectivity index (χ1v) is 5.80. The Bertz CT molecular complexity index is 379. The van der Waals surface area contributed by atoms with Crippen molar-refractivity contribution in [1.82, 2.24) is 0 Å². The van der Waals surface area contributed by atoms with Crippen LogP contribution in [0.2, 0.25) is 10.0 Å². The maximum absolute atomic E-state index is 11.1. The molecule has 1 rings (SSSR count). The molecular weight excluding hydrogens is 247 g/mol. The van der Waals surface area contributed by atoms with Crippen molar-refractivity contribution in [2.45, 2.75) is 4.90 Å². The summed E-state index contributed by atoms with van der Waals surface area (Å²) >= 11 is 10.0. The Morgan fingerprint density at radius 1 is 1.43 bits per heavy atom. The first-order valence-electron chi connectivity index (χ1n) is 3.49. The third-order valence-electron chi connectivity index (χ3n) is 1.56. The molecule has 0 heterocycles. The smallest absolute Gasteiger partial charge is 0.337 e. The van der Waals surface area contributed by atoms with Crippen LogP contribution in [0, 0.1) is 0 Å². The van der Waals surface area contributed by atoms with Gasteiger partial charge in [0.1, 0.15) is 6.26 Å². The summed E-state index contributed by atoms with van der Waals surface area (Å²) in [5.74, 6) is -1.17. The van der Waals surface area contributed by atoms with E-state index in [1.54, 1.807) is 0 Å². The molecule has 3 nitrogen and oxygen atoms in total. The van der Waals surface area contributed by atoms with Crippen LogP contribution in [-0.4, -0.2) is 21.9 Å². The highest BCUT2D eigenvalue weighted by Crippen LogP contribution is 2.28. The maximum atomic E-state index is 11.1. The normalized spacial score (nSPS) is 12.6. The van der Waals surface area contributed by atoms with Gasteiger partial charge in [0.15, 0.2) is 4.90 Å². The molecule has 1 unspecified atom stereocenters. The molecule has 0 saturated carbocycles. The summed E-state index contributed by atoms with van der Waals surface area (Å²) in [6, 6.07) is 2.51. The van der Waals surface area contributed by atoms with Gasteiger partial charge in [-0.3, -0.25) is 0 Å². The Labute approximate surface area is 93.8 Å². The standard InChI is InChI=1S/C8H6Cl2O3S/c1-14(13)7-2-4(8(11)12)5(9)3-6(7)10/h2-3H,1H3,(H,11,12). The fraction of sp³-hybridized carbons (Fsp3) is 0.125. The minimum atomic E-state index is -1.33. The summed E-state index contributed by atoms with van der Waals surface area (Å²) < 4.78 is 11.1. The summed E-state index contributed by atoms with van der Waals surface area (Å²) in [6.07, 6.45) is 1.42. The van der Waals surface area contributed by atoms with Gasteiger partial charge < -0.3 is 9.66 Å². The van der Waals surface area contributed by atoms with E-state index in [0.29, 0.717) is 0 Å². The average molecular weight is 253 g/mol. The molecule has 0 amide bonds. The lowest BCUT2D eigenvalue weighted by Crippen LogP contribution is -2.03. The Morgan fingerprint density at radius 2 is 2.00 bits per heavy atom. The number of carboxylic acids is 1. The molecule has 0 aliphatic rings. The topological polar surface area (TPSA) is 60.4 Å². The van der Waals surface area contributed by atoms with Crippen LogP contribution in [0.25, 0.3) is 0 Å². The van der Waals surface area contributed by atoms with E-state index in [-0.39, 0.29) is 20.5 Å². The van der Waals surface area contributed by atoms with Gasteiger partial charge in [-0.15, -0.1) is 0 Å². The van der Waals surface area contributed by atoms with E-state index in [1.165, 1.54) is 18.4 Å². The number of aromatic carboxylic acids is 1. The lowest BCUT2D eigenvalue weighted by molar-refractivity contribution is 0.0697. The van der Waals surface area contributed by atoms with Crippen molar-refractivity contribution in [3.8, 4) is 0 Å². The van der Waals surface area contributed by atoms with Crippen molar-refractivity contribution in [3.63, 3.8) is 0 Å². The maximum Gasteiger partial charge on any atom is 0.337 e. The van der Waals surface area contributed by atoms with Crippen LogP contribution in [0.15, 0.2) is 17.0 Å². The van der Waals surface area contributed by atoms with Gasteiger partial charge in [0.05, 0.1) is 15.6 Å². The van der Waals surface area contributed by atoms with Crippen molar-refractivity contribution in [3.05, 3.63) is 27.7 Å². The summed E-state index contributed by atoms with van der Waals surface area (Å²) in [5, 5.41) is 8.98. The van der Waals surface area contributed by atoms with E-state index in [4.69, 9.17) is 28.3 Å². The molecule has 1 atom stereocenters. The molecule has 1 aromatic carbocycles. The summed E-state index contributed by atoms with van der Waals surface area (Å²) in [5.41, 5.74) is -0.0960. The first-order chi connectivity index (χ1) is 6.43. The number of hydrogen-bond donors (Lipinski definition) is 1. The monoisotopic (exact) mass is 252 g/mol. The highest BCUT2D eigenvalue weighted by atomic mass is 35.5. The van der Waals surface area contributed by atoms with E-state index < -0.39 is 17.1 Å². The number of rotatable bonds is 2. The molecule has 0 bridgehead atoms. The van der Waals surface area contributed by atoms with Crippen molar-refractivity contribution in [2.24, 2.45) is 0 Å². The van der Waals surface area contributed by atoms with E-state index in [0.717, 1.165) is 0 Å². The second kappa shape index (κ2) is 4.40. The zero-order valence-corrected chi connectivity index (χ0v) is 9.41. The van der Waals surface area contributed by atoms with E-state index in [2.05, 4.69) is 0 Å². The largest absolute Gasteiger partial charge is 0.612 e. The molecule has 1 N–H and O–H groups in total. The molecule has 0 aliphatic heterocycles. The lowest BCUT2D eigenvalue weighted by Gasteiger charge is -2.08. The van der Waals surface area contributed by atoms with Gasteiger partial charge in [0.2, 0.25) is 0 Å². The summed E-state index contributed by atoms with van der Waals surface area (Å²) in [6.45, 7) is 0. The van der Waals surface area contributed by atoms with Gasteiger partial charge in [0, 0.05) is 6.07 Å². The van der Waals surface area contributed by atoms with Crippen LogP contribution in [0.4, 0.5) is 0 Å². The SMILES string of the molecule is C[S+]([O-])c1cc(C(=O)O)c(Cl)cc1Cl. The molecular formula is C8H6Cl2O3S. The summed E-state index contributed by atoms with van der Waals surface area (Å²) in [7, 11) is 0. The molecule has 0 aromatic heterocycles. The summed E-state index contributed by atoms with van der Waals surface area (Å²) in [4.78, 5) is 11.0. The van der Waals surface area contributed by atoms with Gasteiger partial charge in [-0.25, -0.2) is 4.79 Å². The van der Waals surface area contributed by atoms with Crippen LogP contribution in [0.3, 0.4) is 0 Å². The quantitative estimate of drug-likeness (QED) is 0.823. The molecule has 0 saturated heterocycles. The van der Waals surface area contributed by atoms with Crippen molar-refractivity contribution < 1.29 is 14.5 Å². The molecule has 6 heteroatoms. The molecule has 0 aliphatic carbocycles. The first kappa shape index (κ1) is 11.7. The van der Waals surface area contributed by atoms with Crippen molar-refractivity contribution >= 4 is 40.3 Å². The van der Waals surface area contributed by atoms with Gasteiger partial charge >= 0.3 is 5.97 Å². The predicted molar refractivity (Wildman–Crippen MR) is 55.8 cm³/mol.